The van der Waals surface area contributed by atoms with Crippen molar-refractivity contribution < 1.29 is 4.79 Å². The molecule has 0 saturated carbocycles. The predicted octanol–water partition coefficient (Wildman–Crippen LogP) is 3.14. The SMILES string of the molecule is Cc1ccc(NC(=O)C(C)N2CCC(N)C(C)(C)C2)c(Br)c1. The maximum absolute atomic E-state index is 12.5. The summed E-state index contributed by atoms with van der Waals surface area (Å²) in [6.45, 7) is 10.0. The summed E-state index contributed by atoms with van der Waals surface area (Å²) in [6.07, 6.45) is 0.929. The third kappa shape index (κ3) is 3.89. The number of anilines is 1. The molecule has 1 aromatic rings. The fraction of sp³-hybridized carbons (Fsp3) is 0.588. The lowest BCUT2D eigenvalue weighted by Gasteiger charge is -2.44. The van der Waals surface area contributed by atoms with Crippen LogP contribution in [0.15, 0.2) is 22.7 Å². The highest BCUT2D eigenvalue weighted by Gasteiger charge is 2.36. The quantitative estimate of drug-likeness (QED) is 0.862. The molecule has 1 aromatic carbocycles. The van der Waals surface area contributed by atoms with E-state index in [9.17, 15) is 4.79 Å². The number of rotatable bonds is 3. The topological polar surface area (TPSA) is 58.4 Å². The lowest BCUT2D eigenvalue weighted by Crippen LogP contribution is -2.56. The summed E-state index contributed by atoms with van der Waals surface area (Å²) in [5, 5.41) is 3.01. The highest BCUT2D eigenvalue weighted by Crippen LogP contribution is 2.29. The molecule has 1 saturated heterocycles. The van der Waals surface area contributed by atoms with Gasteiger partial charge in [0.1, 0.15) is 0 Å². The summed E-state index contributed by atoms with van der Waals surface area (Å²) in [7, 11) is 0. The van der Waals surface area contributed by atoms with Gasteiger partial charge >= 0.3 is 0 Å². The molecule has 122 valence electrons. The normalized spacial score (nSPS) is 23.1. The van der Waals surface area contributed by atoms with E-state index in [-0.39, 0.29) is 23.4 Å². The fourth-order valence-electron chi connectivity index (χ4n) is 2.87. The van der Waals surface area contributed by atoms with E-state index in [4.69, 9.17) is 5.73 Å². The van der Waals surface area contributed by atoms with Crippen LogP contribution < -0.4 is 11.1 Å². The van der Waals surface area contributed by atoms with Crippen molar-refractivity contribution in [2.45, 2.75) is 46.2 Å². The lowest BCUT2D eigenvalue weighted by molar-refractivity contribution is -0.122. The number of hydrogen-bond acceptors (Lipinski definition) is 3. The summed E-state index contributed by atoms with van der Waals surface area (Å²) in [5.74, 6) is 0.0239. The van der Waals surface area contributed by atoms with E-state index in [0.717, 1.165) is 35.2 Å². The van der Waals surface area contributed by atoms with Gasteiger partial charge in [-0.2, -0.15) is 0 Å². The molecule has 0 aliphatic carbocycles. The number of likely N-dealkylation sites (tertiary alicyclic amines) is 1. The number of halogens is 1. The Morgan fingerprint density at radius 1 is 1.50 bits per heavy atom. The molecule has 1 aliphatic heterocycles. The second-order valence-corrected chi connectivity index (χ2v) is 7.86. The fourth-order valence-corrected chi connectivity index (χ4v) is 3.46. The first kappa shape index (κ1) is 17.4. The van der Waals surface area contributed by atoms with Gasteiger partial charge in [-0.15, -0.1) is 0 Å². The van der Waals surface area contributed by atoms with Crippen molar-refractivity contribution in [3.05, 3.63) is 28.2 Å². The van der Waals surface area contributed by atoms with E-state index in [1.807, 2.05) is 32.0 Å². The molecule has 22 heavy (non-hydrogen) atoms. The first-order valence-electron chi connectivity index (χ1n) is 7.77. The Morgan fingerprint density at radius 2 is 2.18 bits per heavy atom. The molecule has 5 heteroatoms. The van der Waals surface area contributed by atoms with Gasteiger partial charge in [0.15, 0.2) is 0 Å². The van der Waals surface area contributed by atoms with Crippen molar-refractivity contribution in [1.29, 1.82) is 0 Å². The molecule has 1 heterocycles. The molecule has 2 unspecified atom stereocenters. The molecule has 2 atom stereocenters. The molecule has 0 aromatic heterocycles. The Morgan fingerprint density at radius 3 is 2.77 bits per heavy atom. The zero-order valence-corrected chi connectivity index (χ0v) is 15.4. The number of nitrogens with two attached hydrogens (primary N) is 1. The van der Waals surface area contributed by atoms with Crippen molar-refractivity contribution in [2.24, 2.45) is 11.1 Å². The predicted molar refractivity (Wildman–Crippen MR) is 94.9 cm³/mol. The van der Waals surface area contributed by atoms with Gasteiger partial charge in [0.25, 0.3) is 0 Å². The minimum atomic E-state index is -0.167. The van der Waals surface area contributed by atoms with Crippen LogP contribution in [0.25, 0.3) is 0 Å². The number of benzene rings is 1. The van der Waals surface area contributed by atoms with E-state index in [2.05, 4.69) is 40.0 Å². The molecule has 1 aliphatic rings. The Bertz CT molecular complexity index is 559. The van der Waals surface area contributed by atoms with Crippen LogP contribution in [0.2, 0.25) is 0 Å². The third-order valence-corrected chi connectivity index (χ3v) is 5.31. The Hall–Kier alpha value is -0.910. The number of hydrogen-bond donors (Lipinski definition) is 2. The van der Waals surface area contributed by atoms with Crippen LogP contribution >= 0.6 is 15.9 Å². The highest BCUT2D eigenvalue weighted by atomic mass is 79.9. The van der Waals surface area contributed by atoms with Crippen LogP contribution in [0, 0.1) is 12.3 Å². The first-order chi connectivity index (χ1) is 10.2. The molecule has 4 nitrogen and oxygen atoms in total. The minimum absolute atomic E-state index is 0.0239. The maximum atomic E-state index is 12.5. The van der Waals surface area contributed by atoms with Gasteiger partial charge < -0.3 is 11.1 Å². The number of piperidine rings is 1. The number of amides is 1. The van der Waals surface area contributed by atoms with Gasteiger partial charge in [0.2, 0.25) is 5.91 Å². The molecular weight excluding hydrogens is 342 g/mol. The zero-order chi connectivity index (χ0) is 16.5. The molecule has 1 fully saturated rings. The Balaban J connectivity index is 2.03. The van der Waals surface area contributed by atoms with Crippen LogP contribution in [-0.2, 0) is 4.79 Å². The minimum Gasteiger partial charge on any atom is -0.327 e. The number of aryl methyl sites for hydroxylation is 1. The second kappa shape index (κ2) is 6.69. The van der Waals surface area contributed by atoms with E-state index in [1.165, 1.54) is 0 Å². The summed E-state index contributed by atoms with van der Waals surface area (Å²) in [4.78, 5) is 14.8. The van der Waals surface area contributed by atoms with E-state index in [0.29, 0.717) is 0 Å². The molecule has 0 spiro atoms. The molecule has 0 bridgehead atoms. The van der Waals surface area contributed by atoms with E-state index >= 15 is 0 Å². The van der Waals surface area contributed by atoms with Gasteiger partial charge in [-0.25, -0.2) is 0 Å². The summed E-state index contributed by atoms with van der Waals surface area (Å²) in [6, 6.07) is 5.96. The van der Waals surface area contributed by atoms with Crippen molar-refractivity contribution in [2.75, 3.05) is 18.4 Å². The molecule has 2 rings (SSSR count). The number of carbonyl (C=O) groups is 1. The summed E-state index contributed by atoms with van der Waals surface area (Å²) in [5.41, 5.74) is 8.19. The maximum Gasteiger partial charge on any atom is 0.241 e. The van der Waals surface area contributed by atoms with Crippen LogP contribution in [0.4, 0.5) is 5.69 Å². The van der Waals surface area contributed by atoms with Gasteiger partial charge in [-0.1, -0.05) is 19.9 Å². The first-order valence-corrected chi connectivity index (χ1v) is 8.56. The molecule has 0 radical (unpaired) electrons. The largest absolute Gasteiger partial charge is 0.327 e. The zero-order valence-electron chi connectivity index (χ0n) is 13.8. The van der Waals surface area contributed by atoms with Gasteiger partial charge in [-0.3, -0.25) is 9.69 Å². The summed E-state index contributed by atoms with van der Waals surface area (Å²) < 4.78 is 0.911. The van der Waals surface area contributed by atoms with Gasteiger partial charge in [0.05, 0.1) is 11.7 Å². The molecule has 3 N–H and O–H groups in total. The van der Waals surface area contributed by atoms with Crippen LogP contribution in [0.3, 0.4) is 0 Å². The number of carbonyl (C=O) groups excluding carboxylic acids is 1. The lowest BCUT2D eigenvalue weighted by atomic mass is 9.79. The van der Waals surface area contributed by atoms with Crippen LogP contribution in [0.1, 0.15) is 32.8 Å². The monoisotopic (exact) mass is 367 g/mol. The smallest absolute Gasteiger partial charge is 0.241 e. The van der Waals surface area contributed by atoms with Crippen molar-refractivity contribution >= 4 is 27.5 Å². The Labute approximate surface area is 141 Å². The summed E-state index contributed by atoms with van der Waals surface area (Å²) >= 11 is 3.50. The third-order valence-electron chi connectivity index (χ3n) is 4.65. The standard InChI is InChI=1S/C17H26BrN3O/c1-11-5-6-14(13(18)9-11)20-16(22)12(2)21-8-7-15(19)17(3,4)10-21/h5-6,9,12,15H,7-8,10,19H2,1-4H3,(H,20,22). The van der Waals surface area contributed by atoms with Gasteiger partial charge in [0, 0.05) is 23.6 Å². The molecular formula is C17H26BrN3O. The number of nitrogens with zero attached hydrogens (tertiary/aromatic N) is 1. The van der Waals surface area contributed by atoms with Crippen molar-refractivity contribution in [3.63, 3.8) is 0 Å². The van der Waals surface area contributed by atoms with Crippen molar-refractivity contribution in [1.82, 2.24) is 4.90 Å². The van der Waals surface area contributed by atoms with Crippen molar-refractivity contribution in [3.8, 4) is 0 Å². The van der Waals surface area contributed by atoms with Gasteiger partial charge in [-0.05, 0) is 59.3 Å². The van der Waals surface area contributed by atoms with Crippen LogP contribution in [0.5, 0.6) is 0 Å². The Kier molecular flexibility index (Phi) is 5.30. The average Bonchev–Trinajstić information content (AvgIpc) is 2.44. The van der Waals surface area contributed by atoms with E-state index < -0.39 is 0 Å². The van der Waals surface area contributed by atoms with Crippen LogP contribution in [-0.4, -0.2) is 36.0 Å². The van der Waals surface area contributed by atoms with E-state index in [1.54, 1.807) is 0 Å². The second-order valence-electron chi connectivity index (χ2n) is 7.00. The number of nitrogens with one attached hydrogen (secondary N) is 1. The highest BCUT2D eigenvalue weighted by molar-refractivity contribution is 9.10. The molecule has 1 amide bonds. The average molecular weight is 368 g/mol.